The van der Waals surface area contributed by atoms with Gasteiger partial charge in [-0.1, -0.05) is 23.7 Å². The van der Waals surface area contributed by atoms with Gasteiger partial charge in [-0.05, 0) is 54.1 Å². The fourth-order valence-corrected chi connectivity index (χ4v) is 3.24. The number of hydrogen-bond donors (Lipinski definition) is 1. The van der Waals surface area contributed by atoms with E-state index in [1.54, 1.807) is 18.2 Å². The van der Waals surface area contributed by atoms with E-state index < -0.39 is 17.6 Å². The van der Waals surface area contributed by atoms with Crippen molar-refractivity contribution >= 4 is 29.1 Å². The van der Waals surface area contributed by atoms with E-state index in [1.807, 2.05) is 0 Å². The number of carbonyl (C=O) groups is 2. The highest BCUT2D eigenvalue weighted by atomic mass is 35.5. The largest absolute Gasteiger partial charge is 0.493 e. The summed E-state index contributed by atoms with van der Waals surface area (Å²) in [5.41, 5.74) is 1.14. The quantitative estimate of drug-likeness (QED) is 0.518. The molecule has 6 nitrogen and oxygen atoms in total. The van der Waals surface area contributed by atoms with E-state index in [9.17, 15) is 18.4 Å². The summed E-state index contributed by atoms with van der Waals surface area (Å²) in [6.45, 7) is -0.224. The van der Waals surface area contributed by atoms with Crippen LogP contribution in [0.4, 0.5) is 14.5 Å². The number of carbonyl (C=O) groups excluding carboxylic acids is 2. The third-order valence-electron chi connectivity index (χ3n) is 4.80. The van der Waals surface area contributed by atoms with Gasteiger partial charge in [-0.2, -0.15) is 0 Å². The zero-order valence-corrected chi connectivity index (χ0v) is 18.7. The molecule has 1 N–H and O–H groups in total. The van der Waals surface area contributed by atoms with Crippen molar-refractivity contribution in [2.75, 3.05) is 25.7 Å². The minimum Gasteiger partial charge on any atom is -0.493 e. The smallest absolute Gasteiger partial charge is 0.258 e. The Bertz CT molecular complexity index is 1160. The van der Waals surface area contributed by atoms with Crippen molar-refractivity contribution in [3.05, 3.63) is 88.4 Å². The van der Waals surface area contributed by atoms with Crippen molar-refractivity contribution in [3.63, 3.8) is 0 Å². The lowest BCUT2D eigenvalue weighted by Crippen LogP contribution is -2.40. The van der Waals surface area contributed by atoms with Gasteiger partial charge >= 0.3 is 0 Å². The van der Waals surface area contributed by atoms with E-state index in [2.05, 4.69) is 5.32 Å². The highest BCUT2D eigenvalue weighted by Crippen LogP contribution is 2.29. The molecule has 0 aliphatic heterocycles. The average molecular weight is 475 g/mol. The summed E-state index contributed by atoms with van der Waals surface area (Å²) < 4.78 is 37.2. The lowest BCUT2D eigenvalue weighted by Gasteiger charge is -2.23. The first-order valence-corrected chi connectivity index (χ1v) is 10.2. The second-order valence-electron chi connectivity index (χ2n) is 6.96. The van der Waals surface area contributed by atoms with Gasteiger partial charge in [0.2, 0.25) is 5.91 Å². The highest BCUT2D eigenvalue weighted by molar-refractivity contribution is 6.31. The van der Waals surface area contributed by atoms with Gasteiger partial charge < -0.3 is 14.8 Å². The van der Waals surface area contributed by atoms with Crippen molar-refractivity contribution in [1.82, 2.24) is 5.32 Å². The molecule has 0 heterocycles. The Morgan fingerprint density at radius 3 is 2.27 bits per heavy atom. The maximum absolute atomic E-state index is 13.7. The van der Waals surface area contributed by atoms with E-state index >= 15 is 0 Å². The summed E-state index contributed by atoms with van der Waals surface area (Å²) in [5, 5.41) is 2.49. The zero-order chi connectivity index (χ0) is 24.0. The van der Waals surface area contributed by atoms with Crippen molar-refractivity contribution in [3.8, 4) is 11.5 Å². The molecule has 9 heteroatoms. The first-order chi connectivity index (χ1) is 15.8. The van der Waals surface area contributed by atoms with E-state index in [0.717, 1.165) is 6.07 Å². The van der Waals surface area contributed by atoms with Gasteiger partial charge in [0.1, 0.15) is 18.2 Å². The Balaban J connectivity index is 1.86. The molecule has 0 radical (unpaired) electrons. The predicted octanol–water partition coefficient (Wildman–Crippen LogP) is 4.60. The molecule has 0 atom stereocenters. The maximum atomic E-state index is 13.7. The Morgan fingerprint density at radius 1 is 0.939 bits per heavy atom. The summed E-state index contributed by atoms with van der Waals surface area (Å²) in [6, 6.07) is 14.0. The van der Waals surface area contributed by atoms with Crippen LogP contribution in [-0.4, -0.2) is 32.6 Å². The summed E-state index contributed by atoms with van der Waals surface area (Å²) in [7, 11) is 2.91. The molecule has 3 aromatic rings. The van der Waals surface area contributed by atoms with Crippen molar-refractivity contribution in [1.29, 1.82) is 0 Å². The normalized spacial score (nSPS) is 10.5. The molecular weight excluding hydrogens is 454 g/mol. The molecule has 0 saturated heterocycles. The number of amides is 2. The second kappa shape index (κ2) is 10.8. The first-order valence-electron chi connectivity index (χ1n) is 9.82. The third kappa shape index (κ3) is 5.98. The number of halogens is 3. The molecule has 0 aromatic heterocycles. The predicted molar refractivity (Wildman–Crippen MR) is 121 cm³/mol. The van der Waals surface area contributed by atoms with Crippen LogP contribution in [0.25, 0.3) is 0 Å². The number of hydrogen-bond acceptors (Lipinski definition) is 4. The van der Waals surface area contributed by atoms with Crippen molar-refractivity contribution < 1.29 is 27.8 Å². The lowest BCUT2D eigenvalue weighted by atomic mass is 10.1. The molecule has 0 bridgehead atoms. The van der Waals surface area contributed by atoms with Crippen LogP contribution >= 0.6 is 11.6 Å². The van der Waals surface area contributed by atoms with Gasteiger partial charge in [-0.3, -0.25) is 14.5 Å². The van der Waals surface area contributed by atoms with E-state index in [1.165, 1.54) is 55.5 Å². The zero-order valence-electron chi connectivity index (χ0n) is 17.9. The molecule has 3 rings (SSSR count). The second-order valence-corrected chi connectivity index (χ2v) is 7.37. The minimum atomic E-state index is -0.653. The Hall–Kier alpha value is -3.65. The highest BCUT2D eigenvalue weighted by Gasteiger charge is 2.23. The third-order valence-corrected chi connectivity index (χ3v) is 5.08. The van der Waals surface area contributed by atoms with Gasteiger partial charge in [0.15, 0.2) is 11.5 Å². The number of nitrogens with one attached hydrogen (secondary N) is 1. The Morgan fingerprint density at radius 2 is 1.64 bits per heavy atom. The van der Waals surface area contributed by atoms with Gasteiger partial charge in [-0.25, -0.2) is 8.78 Å². The molecule has 2 amide bonds. The van der Waals surface area contributed by atoms with Crippen LogP contribution in [0.2, 0.25) is 5.02 Å². The van der Waals surface area contributed by atoms with Crippen LogP contribution < -0.4 is 19.7 Å². The molecule has 0 aliphatic rings. The fourth-order valence-electron chi connectivity index (χ4n) is 3.06. The van der Waals surface area contributed by atoms with E-state index in [4.69, 9.17) is 21.1 Å². The molecule has 3 aromatic carbocycles. The standard InChI is InChI=1S/C24H21ClF2N2O4/c1-32-21-10-5-16(11-22(21)33-2)24(31)29(18-8-9-20(27)19(25)12-18)14-23(30)28-13-15-3-6-17(26)7-4-15/h3-12H,13-14H2,1-2H3,(H,28,30). The average Bonchev–Trinajstić information content (AvgIpc) is 2.83. The number of benzene rings is 3. The molecule has 0 fully saturated rings. The number of ether oxygens (including phenoxy) is 2. The summed E-state index contributed by atoms with van der Waals surface area (Å²) in [4.78, 5) is 27.1. The monoisotopic (exact) mass is 474 g/mol. The topological polar surface area (TPSA) is 67.9 Å². The summed E-state index contributed by atoms with van der Waals surface area (Å²) >= 11 is 5.91. The van der Waals surface area contributed by atoms with Crippen LogP contribution in [0.3, 0.4) is 0 Å². The Labute approximate surface area is 194 Å². The summed E-state index contributed by atoms with van der Waals surface area (Å²) in [6.07, 6.45) is 0. The first kappa shape index (κ1) is 24.0. The number of methoxy groups -OCH3 is 2. The van der Waals surface area contributed by atoms with Gasteiger partial charge in [0, 0.05) is 17.8 Å². The lowest BCUT2D eigenvalue weighted by molar-refractivity contribution is -0.119. The molecule has 33 heavy (non-hydrogen) atoms. The fraction of sp³-hybridized carbons (Fsp3) is 0.167. The van der Waals surface area contributed by atoms with Crippen LogP contribution in [0.5, 0.6) is 11.5 Å². The molecule has 0 unspecified atom stereocenters. The summed E-state index contributed by atoms with van der Waals surface area (Å²) in [5.74, 6) is -1.28. The minimum absolute atomic E-state index is 0.141. The van der Waals surface area contributed by atoms with Crippen molar-refractivity contribution in [2.45, 2.75) is 6.54 Å². The number of anilines is 1. The molecule has 0 saturated carbocycles. The van der Waals surface area contributed by atoms with Crippen LogP contribution in [0.1, 0.15) is 15.9 Å². The van der Waals surface area contributed by atoms with Crippen LogP contribution in [-0.2, 0) is 11.3 Å². The SMILES string of the molecule is COc1ccc(C(=O)N(CC(=O)NCc2ccc(F)cc2)c2ccc(F)c(Cl)c2)cc1OC. The molecule has 172 valence electrons. The molecule has 0 aliphatic carbocycles. The van der Waals surface area contributed by atoms with Crippen LogP contribution in [0, 0.1) is 11.6 Å². The van der Waals surface area contributed by atoms with E-state index in [0.29, 0.717) is 17.1 Å². The molecular formula is C24H21ClF2N2O4. The van der Waals surface area contributed by atoms with Crippen molar-refractivity contribution in [2.24, 2.45) is 0 Å². The number of nitrogens with zero attached hydrogens (tertiary/aromatic N) is 1. The number of rotatable bonds is 8. The molecule has 0 spiro atoms. The van der Waals surface area contributed by atoms with Gasteiger partial charge in [0.25, 0.3) is 5.91 Å². The van der Waals surface area contributed by atoms with Crippen LogP contribution in [0.15, 0.2) is 60.7 Å². The Kier molecular flexibility index (Phi) is 7.84. The van der Waals surface area contributed by atoms with Gasteiger partial charge in [0.05, 0.1) is 19.2 Å². The van der Waals surface area contributed by atoms with E-state index in [-0.39, 0.29) is 35.2 Å². The maximum Gasteiger partial charge on any atom is 0.258 e. The van der Waals surface area contributed by atoms with Gasteiger partial charge in [-0.15, -0.1) is 0 Å².